The summed E-state index contributed by atoms with van der Waals surface area (Å²) in [6.45, 7) is 15.9. The van der Waals surface area contributed by atoms with Gasteiger partial charge in [0.1, 0.15) is 5.82 Å². The summed E-state index contributed by atoms with van der Waals surface area (Å²) < 4.78 is -0.282. The molecule has 5 heteroatoms. The number of benzene rings is 2. The van der Waals surface area contributed by atoms with E-state index in [0.717, 1.165) is 28.2 Å². The molecule has 3 aromatic rings. The Labute approximate surface area is 216 Å². The number of pyridine rings is 1. The molecule has 1 aromatic heterocycles. The van der Waals surface area contributed by atoms with Crippen molar-refractivity contribution in [2.75, 3.05) is 19.4 Å². The molecule has 0 aliphatic heterocycles. The number of allylic oxidation sites excluding steroid dienone is 2. The van der Waals surface area contributed by atoms with Crippen molar-refractivity contribution in [1.29, 1.82) is 0 Å². The highest BCUT2D eigenvalue weighted by Crippen LogP contribution is 2.36. The first-order valence-electron chi connectivity index (χ1n) is 11.3. The maximum absolute atomic E-state index is 4.45. The number of nitrogens with zero attached hydrogens (tertiary/aromatic N) is 2. The van der Waals surface area contributed by atoms with Gasteiger partial charge >= 0.3 is 0 Å². The van der Waals surface area contributed by atoms with Gasteiger partial charge in [-0.25, -0.2) is 4.98 Å². The van der Waals surface area contributed by atoms with Crippen LogP contribution in [0.5, 0.6) is 0 Å². The molecule has 3 nitrogen and oxygen atoms in total. The van der Waals surface area contributed by atoms with E-state index in [2.05, 4.69) is 115 Å². The fourth-order valence-electron chi connectivity index (χ4n) is 3.43. The second-order valence-corrected chi connectivity index (χ2v) is 10.7. The molecule has 1 heterocycles. The van der Waals surface area contributed by atoms with Gasteiger partial charge in [-0.05, 0) is 55.0 Å². The quantitative estimate of drug-likeness (QED) is 0.230. The molecule has 1 unspecified atom stereocenters. The predicted octanol–water partition coefficient (Wildman–Crippen LogP) is 8.11. The second kappa shape index (κ2) is 12.2. The van der Waals surface area contributed by atoms with Crippen LogP contribution in [0.4, 0.5) is 5.82 Å². The number of hydrogen-bond acceptors (Lipinski definition) is 5. The Morgan fingerprint density at radius 1 is 1.12 bits per heavy atom. The van der Waals surface area contributed by atoms with Crippen molar-refractivity contribution in [2.24, 2.45) is 0 Å². The Morgan fingerprint density at radius 2 is 1.76 bits per heavy atom. The van der Waals surface area contributed by atoms with Crippen molar-refractivity contribution in [3.05, 3.63) is 96.3 Å². The van der Waals surface area contributed by atoms with Gasteiger partial charge in [0.2, 0.25) is 0 Å². The van der Waals surface area contributed by atoms with E-state index in [1.54, 1.807) is 0 Å². The molecule has 0 fully saturated rings. The van der Waals surface area contributed by atoms with Crippen molar-refractivity contribution in [3.8, 4) is 0 Å². The van der Waals surface area contributed by atoms with Crippen LogP contribution in [0.25, 0.3) is 22.5 Å². The maximum atomic E-state index is 4.45. The molecule has 0 radical (unpaired) electrons. The smallest absolute Gasteiger partial charge is 0.126 e. The van der Waals surface area contributed by atoms with Gasteiger partial charge in [0.05, 0.1) is 4.08 Å². The normalized spacial score (nSPS) is 12.4. The summed E-state index contributed by atoms with van der Waals surface area (Å²) >= 11 is 8.91. The Balaban J connectivity index is 0.000000257. The van der Waals surface area contributed by atoms with Crippen molar-refractivity contribution in [1.82, 2.24) is 9.88 Å². The first-order valence-corrected chi connectivity index (χ1v) is 12.2. The lowest BCUT2D eigenvalue weighted by atomic mass is 9.97. The Bertz CT molecular complexity index is 1160. The van der Waals surface area contributed by atoms with E-state index < -0.39 is 0 Å². The average molecular weight is 492 g/mol. The topological polar surface area (TPSA) is 28.2 Å². The van der Waals surface area contributed by atoms with Gasteiger partial charge in [-0.3, -0.25) is 0 Å². The highest BCUT2D eigenvalue weighted by atomic mass is 32.2. The van der Waals surface area contributed by atoms with Crippen molar-refractivity contribution >= 4 is 53.6 Å². The van der Waals surface area contributed by atoms with Gasteiger partial charge in [-0.1, -0.05) is 68.6 Å². The SMILES string of the molecule is C=C(C)N(C)/C(=C\C)c1ccc2cnc(NC)cc2c1.C=Cc1ccc(C(C)C(C)(S)S)cc1. The van der Waals surface area contributed by atoms with Crippen LogP contribution in [0.15, 0.2) is 79.7 Å². The predicted molar refractivity (Wildman–Crippen MR) is 159 cm³/mol. The van der Waals surface area contributed by atoms with Crippen LogP contribution in [0.1, 0.15) is 50.3 Å². The number of rotatable bonds is 7. The van der Waals surface area contributed by atoms with E-state index in [1.165, 1.54) is 16.5 Å². The minimum Gasteiger partial charge on any atom is -0.373 e. The zero-order valence-electron chi connectivity index (χ0n) is 21.1. The molecule has 0 saturated heterocycles. The van der Waals surface area contributed by atoms with E-state index in [9.17, 15) is 0 Å². The summed E-state index contributed by atoms with van der Waals surface area (Å²) in [5.74, 6) is 1.19. The van der Waals surface area contributed by atoms with Crippen LogP contribution < -0.4 is 5.32 Å². The zero-order valence-corrected chi connectivity index (χ0v) is 22.9. The minimum absolute atomic E-state index is 0.282. The van der Waals surface area contributed by atoms with Gasteiger partial charge in [0.25, 0.3) is 0 Å². The molecule has 0 saturated carbocycles. The van der Waals surface area contributed by atoms with Crippen molar-refractivity contribution in [2.45, 2.75) is 37.7 Å². The van der Waals surface area contributed by atoms with Crippen LogP contribution in [0, 0.1) is 0 Å². The molecule has 2 aromatic carbocycles. The molecule has 180 valence electrons. The molecule has 3 rings (SSSR count). The Hall–Kier alpha value is -2.63. The number of fused-ring (bicyclic) bond motifs is 1. The third kappa shape index (κ3) is 7.18. The first kappa shape index (κ1) is 27.6. The molecule has 0 aliphatic carbocycles. The van der Waals surface area contributed by atoms with Crippen LogP contribution in [0.3, 0.4) is 0 Å². The van der Waals surface area contributed by atoms with Gasteiger partial charge in [-0.15, -0.1) is 0 Å². The largest absolute Gasteiger partial charge is 0.373 e. The molecule has 1 N–H and O–H groups in total. The molecular formula is C29H37N3S2. The third-order valence-electron chi connectivity index (χ3n) is 5.97. The zero-order chi connectivity index (χ0) is 25.5. The van der Waals surface area contributed by atoms with E-state index in [0.29, 0.717) is 5.92 Å². The highest BCUT2D eigenvalue weighted by molar-refractivity contribution is 8.00. The molecule has 0 bridgehead atoms. The maximum Gasteiger partial charge on any atom is 0.126 e. The van der Waals surface area contributed by atoms with Crippen molar-refractivity contribution < 1.29 is 0 Å². The molecule has 0 amide bonds. The second-order valence-electron chi connectivity index (χ2n) is 8.54. The fraction of sp³-hybridized carbons (Fsp3) is 0.276. The summed E-state index contributed by atoms with van der Waals surface area (Å²) in [7, 11) is 3.91. The monoisotopic (exact) mass is 491 g/mol. The lowest BCUT2D eigenvalue weighted by Crippen LogP contribution is -2.16. The van der Waals surface area contributed by atoms with Gasteiger partial charge in [-0.2, -0.15) is 25.3 Å². The van der Waals surface area contributed by atoms with Crippen LogP contribution in [0.2, 0.25) is 0 Å². The number of aromatic nitrogens is 1. The number of hydrogen-bond donors (Lipinski definition) is 3. The van der Waals surface area contributed by atoms with Crippen LogP contribution in [-0.4, -0.2) is 28.1 Å². The Kier molecular flexibility index (Phi) is 9.90. The van der Waals surface area contributed by atoms with Gasteiger partial charge in [0.15, 0.2) is 0 Å². The van der Waals surface area contributed by atoms with Gasteiger partial charge in [0, 0.05) is 43.0 Å². The van der Waals surface area contributed by atoms with E-state index in [1.807, 2.05) is 47.1 Å². The highest BCUT2D eigenvalue weighted by Gasteiger charge is 2.23. The standard InChI is InChI=1S/C17H21N3.C12H16S2/c1-6-16(20(5)12(2)3)13-7-8-14-11-19-17(18-4)10-15(14)9-13;1-4-10-5-7-11(8-6-10)9(2)12(3,13)14/h6-11H,2H2,1,3-5H3,(H,18,19);4-9,13-14H,1H2,2-3H3/b16-6-;. The van der Waals surface area contributed by atoms with Crippen LogP contribution in [-0.2, 0) is 0 Å². The summed E-state index contributed by atoms with van der Waals surface area (Å²) in [5.41, 5.74) is 5.74. The van der Waals surface area contributed by atoms with Gasteiger partial charge < -0.3 is 10.2 Å². The number of nitrogens with one attached hydrogen (secondary N) is 1. The summed E-state index contributed by atoms with van der Waals surface area (Å²) in [5, 5.41) is 5.39. The van der Waals surface area contributed by atoms with E-state index in [4.69, 9.17) is 0 Å². The minimum atomic E-state index is -0.282. The molecule has 1 atom stereocenters. The van der Waals surface area contributed by atoms with Crippen LogP contribution >= 0.6 is 25.3 Å². The molecule has 0 aliphatic rings. The summed E-state index contributed by atoms with van der Waals surface area (Å²) in [6.07, 6.45) is 5.84. The third-order valence-corrected chi connectivity index (χ3v) is 6.75. The van der Waals surface area contributed by atoms with E-state index >= 15 is 0 Å². The number of thiol groups is 2. The van der Waals surface area contributed by atoms with E-state index in [-0.39, 0.29) is 4.08 Å². The Morgan fingerprint density at radius 3 is 2.26 bits per heavy atom. The summed E-state index contributed by atoms with van der Waals surface area (Å²) in [4.78, 5) is 6.43. The molecule has 34 heavy (non-hydrogen) atoms. The fourth-order valence-corrected chi connectivity index (χ4v) is 3.73. The lowest BCUT2D eigenvalue weighted by molar-refractivity contribution is 0.600. The summed E-state index contributed by atoms with van der Waals surface area (Å²) in [6, 6.07) is 16.8. The first-order chi connectivity index (χ1) is 16.0. The lowest BCUT2D eigenvalue weighted by Gasteiger charge is -2.25. The number of anilines is 1. The molecular weight excluding hydrogens is 454 g/mol. The average Bonchev–Trinajstić information content (AvgIpc) is 2.83. The molecule has 0 spiro atoms. The van der Waals surface area contributed by atoms with Crippen molar-refractivity contribution in [3.63, 3.8) is 0 Å².